The van der Waals surface area contributed by atoms with Crippen molar-refractivity contribution in [2.24, 2.45) is 0 Å². The molecule has 2 aliphatic heterocycles. The molecule has 0 radical (unpaired) electrons. The average molecular weight is 407 g/mol. The second-order valence-corrected chi connectivity index (χ2v) is 7.17. The smallest absolute Gasteiger partial charge is 0.317 e. The van der Waals surface area contributed by atoms with E-state index in [4.69, 9.17) is 4.52 Å². The monoisotopic (exact) mass is 406 g/mol. The van der Waals surface area contributed by atoms with Crippen molar-refractivity contribution in [3.05, 3.63) is 47.1 Å². The number of fused-ring (bicyclic) bond motifs is 1. The molecule has 1 fully saturated rings. The number of aromatic nitrogens is 2. The number of nitrogens with one attached hydrogen (secondary N) is 2. The first kappa shape index (κ1) is 20.6. The number of likely N-dealkylation sites (N-methyl/N-ethyl adjacent to an activating group) is 1. The Balaban J connectivity index is 0.00000225. The number of hydrogen-bond donors (Lipinski definition) is 2. The first-order chi connectivity index (χ1) is 13.2. The van der Waals surface area contributed by atoms with Gasteiger partial charge in [-0.2, -0.15) is 4.98 Å². The van der Waals surface area contributed by atoms with E-state index in [1.807, 2.05) is 17.0 Å². The van der Waals surface area contributed by atoms with Gasteiger partial charge in [0.15, 0.2) is 5.82 Å². The lowest BCUT2D eigenvalue weighted by molar-refractivity contribution is 0.190. The van der Waals surface area contributed by atoms with Crippen LogP contribution < -0.4 is 10.6 Å². The Labute approximate surface area is 171 Å². The topological polar surface area (TPSA) is 86.5 Å². The van der Waals surface area contributed by atoms with Crippen molar-refractivity contribution in [2.45, 2.75) is 25.4 Å². The molecule has 1 saturated heterocycles. The molecule has 3 heterocycles. The van der Waals surface area contributed by atoms with Crippen molar-refractivity contribution in [2.75, 3.05) is 39.8 Å². The van der Waals surface area contributed by atoms with E-state index in [0.29, 0.717) is 31.2 Å². The number of halogens is 1. The molecule has 0 spiro atoms. The van der Waals surface area contributed by atoms with Crippen molar-refractivity contribution in [3.8, 4) is 0 Å². The van der Waals surface area contributed by atoms with Gasteiger partial charge in [0, 0.05) is 45.7 Å². The highest BCUT2D eigenvalue weighted by atomic mass is 35.5. The number of benzene rings is 1. The van der Waals surface area contributed by atoms with Crippen LogP contribution in [0.3, 0.4) is 0 Å². The number of carbonyl (C=O) groups is 1. The molecule has 2 aromatic rings. The summed E-state index contributed by atoms with van der Waals surface area (Å²) in [6, 6.07) is 8.39. The molecule has 8 nitrogen and oxygen atoms in total. The summed E-state index contributed by atoms with van der Waals surface area (Å²) in [6.45, 7) is 4.65. The maximum absolute atomic E-state index is 12.4. The predicted molar refractivity (Wildman–Crippen MR) is 107 cm³/mol. The van der Waals surface area contributed by atoms with E-state index in [1.165, 1.54) is 11.1 Å². The molecule has 0 aliphatic carbocycles. The zero-order valence-electron chi connectivity index (χ0n) is 16.1. The molecule has 2 aliphatic rings. The third-order valence-electron chi connectivity index (χ3n) is 5.33. The number of rotatable bonds is 4. The number of nitrogens with zero attached hydrogens (tertiary/aromatic N) is 4. The SMILES string of the molecule is CN1CCNCC1c1noc(CCNC(=O)N2CCc3ccccc3C2)n1.Cl. The number of carbonyl (C=O) groups excluding carboxylic acids is 1. The van der Waals surface area contributed by atoms with Crippen LogP contribution >= 0.6 is 12.4 Å². The van der Waals surface area contributed by atoms with Crippen LogP contribution in [0.1, 0.15) is 28.9 Å². The highest BCUT2D eigenvalue weighted by Crippen LogP contribution is 2.19. The Kier molecular flexibility index (Phi) is 6.88. The van der Waals surface area contributed by atoms with E-state index in [1.54, 1.807) is 0 Å². The Morgan fingerprint density at radius 1 is 1.32 bits per heavy atom. The van der Waals surface area contributed by atoms with Crippen LogP contribution in [-0.4, -0.2) is 65.7 Å². The predicted octanol–water partition coefficient (Wildman–Crippen LogP) is 1.38. The Hall–Kier alpha value is -2.16. The Morgan fingerprint density at radius 2 is 2.14 bits per heavy atom. The van der Waals surface area contributed by atoms with Gasteiger partial charge in [-0.25, -0.2) is 4.79 Å². The minimum atomic E-state index is -0.0412. The van der Waals surface area contributed by atoms with E-state index in [-0.39, 0.29) is 24.5 Å². The van der Waals surface area contributed by atoms with Gasteiger partial charge in [-0.3, -0.25) is 4.90 Å². The molecule has 2 amide bonds. The van der Waals surface area contributed by atoms with Gasteiger partial charge < -0.3 is 20.1 Å². The third kappa shape index (κ3) is 4.63. The van der Waals surface area contributed by atoms with E-state index in [0.717, 1.165) is 32.6 Å². The van der Waals surface area contributed by atoms with Crippen molar-refractivity contribution < 1.29 is 9.32 Å². The van der Waals surface area contributed by atoms with Crippen molar-refractivity contribution >= 4 is 18.4 Å². The van der Waals surface area contributed by atoms with Gasteiger partial charge in [0.2, 0.25) is 5.89 Å². The second-order valence-electron chi connectivity index (χ2n) is 7.17. The molecule has 1 aromatic heterocycles. The van der Waals surface area contributed by atoms with Crippen LogP contribution in [0.4, 0.5) is 4.79 Å². The van der Waals surface area contributed by atoms with Crippen LogP contribution in [-0.2, 0) is 19.4 Å². The highest BCUT2D eigenvalue weighted by Gasteiger charge is 2.25. The summed E-state index contributed by atoms with van der Waals surface area (Å²) in [7, 11) is 2.07. The molecule has 1 aromatic carbocycles. The molecule has 0 bridgehead atoms. The van der Waals surface area contributed by atoms with E-state index in [2.05, 4.69) is 44.9 Å². The maximum Gasteiger partial charge on any atom is 0.317 e. The molecule has 1 atom stereocenters. The van der Waals surface area contributed by atoms with Gasteiger partial charge in [-0.15, -0.1) is 12.4 Å². The zero-order chi connectivity index (χ0) is 18.6. The number of hydrogen-bond acceptors (Lipinski definition) is 6. The van der Waals surface area contributed by atoms with Gasteiger partial charge >= 0.3 is 6.03 Å². The molecule has 152 valence electrons. The first-order valence-electron chi connectivity index (χ1n) is 9.53. The minimum Gasteiger partial charge on any atom is -0.339 e. The average Bonchev–Trinajstić information content (AvgIpc) is 3.16. The number of urea groups is 1. The van der Waals surface area contributed by atoms with Gasteiger partial charge in [0.05, 0.1) is 6.04 Å². The molecular formula is C19H27ClN6O2. The summed E-state index contributed by atoms with van der Waals surface area (Å²) >= 11 is 0. The first-order valence-corrected chi connectivity index (χ1v) is 9.53. The normalized spacial score (nSPS) is 19.6. The van der Waals surface area contributed by atoms with Gasteiger partial charge in [0.1, 0.15) is 0 Å². The van der Waals surface area contributed by atoms with Crippen LogP contribution in [0.5, 0.6) is 0 Å². The number of piperazine rings is 1. The molecular weight excluding hydrogens is 380 g/mol. The van der Waals surface area contributed by atoms with Crippen LogP contribution in [0.25, 0.3) is 0 Å². The summed E-state index contributed by atoms with van der Waals surface area (Å²) < 4.78 is 5.36. The lowest BCUT2D eigenvalue weighted by Gasteiger charge is -2.30. The largest absolute Gasteiger partial charge is 0.339 e. The molecule has 0 saturated carbocycles. The molecule has 1 unspecified atom stereocenters. The van der Waals surface area contributed by atoms with Crippen LogP contribution in [0.15, 0.2) is 28.8 Å². The molecule has 9 heteroatoms. The summed E-state index contributed by atoms with van der Waals surface area (Å²) in [5.41, 5.74) is 2.56. The second kappa shape index (κ2) is 9.36. The van der Waals surface area contributed by atoms with Crippen molar-refractivity contribution in [3.63, 3.8) is 0 Å². The molecule has 2 N–H and O–H groups in total. The quantitative estimate of drug-likeness (QED) is 0.797. The third-order valence-corrected chi connectivity index (χ3v) is 5.33. The van der Waals surface area contributed by atoms with Gasteiger partial charge in [-0.1, -0.05) is 29.4 Å². The zero-order valence-corrected chi connectivity index (χ0v) is 16.9. The standard InChI is InChI=1S/C19H26N6O2.ClH/c1-24-11-9-20-12-16(24)18-22-17(27-23-18)6-8-21-19(26)25-10-7-14-4-2-3-5-15(14)13-25;/h2-5,16,20H,6-13H2,1H3,(H,21,26);1H. The number of amides is 2. The van der Waals surface area contributed by atoms with Crippen LogP contribution in [0.2, 0.25) is 0 Å². The summed E-state index contributed by atoms with van der Waals surface area (Å²) in [6.07, 6.45) is 1.44. The fourth-order valence-electron chi connectivity index (χ4n) is 3.66. The summed E-state index contributed by atoms with van der Waals surface area (Å²) in [4.78, 5) is 21.0. The Bertz CT molecular complexity index is 798. The van der Waals surface area contributed by atoms with Crippen molar-refractivity contribution in [1.82, 2.24) is 30.6 Å². The fraction of sp³-hybridized carbons (Fsp3) is 0.526. The molecule has 4 rings (SSSR count). The Morgan fingerprint density at radius 3 is 2.96 bits per heavy atom. The van der Waals surface area contributed by atoms with E-state index in [9.17, 15) is 4.79 Å². The van der Waals surface area contributed by atoms with Gasteiger partial charge in [-0.05, 0) is 24.6 Å². The van der Waals surface area contributed by atoms with Crippen LogP contribution in [0, 0.1) is 0 Å². The highest BCUT2D eigenvalue weighted by molar-refractivity contribution is 5.85. The fourth-order valence-corrected chi connectivity index (χ4v) is 3.66. The van der Waals surface area contributed by atoms with Gasteiger partial charge in [0.25, 0.3) is 0 Å². The lowest BCUT2D eigenvalue weighted by Crippen LogP contribution is -2.44. The summed E-state index contributed by atoms with van der Waals surface area (Å²) in [5, 5.41) is 10.4. The summed E-state index contributed by atoms with van der Waals surface area (Å²) in [5.74, 6) is 1.27. The van der Waals surface area contributed by atoms with E-state index >= 15 is 0 Å². The lowest BCUT2D eigenvalue weighted by atomic mass is 10.0. The minimum absolute atomic E-state index is 0. The molecule has 28 heavy (non-hydrogen) atoms. The maximum atomic E-state index is 12.4. The van der Waals surface area contributed by atoms with E-state index < -0.39 is 0 Å². The van der Waals surface area contributed by atoms with Crippen molar-refractivity contribution in [1.29, 1.82) is 0 Å².